The minimum atomic E-state index is -1.07. The van der Waals surface area contributed by atoms with Crippen LogP contribution >= 0.6 is 0 Å². The van der Waals surface area contributed by atoms with Crippen LogP contribution in [0.1, 0.15) is 45.6 Å². The van der Waals surface area contributed by atoms with Crippen LogP contribution in [0.4, 0.5) is 4.79 Å². The quantitative estimate of drug-likeness (QED) is 0.809. The molecule has 4 amide bonds. The Kier molecular flexibility index (Phi) is 5.53. The van der Waals surface area contributed by atoms with E-state index in [1.807, 2.05) is 37.3 Å². The summed E-state index contributed by atoms with van der Waals surface area (Å²) in [7, 11) is 0. The highest BCUT2D eigenvalue weighted by Gasteiger charge is 2.52. The Morgan fingerprint density at radius 3 is 2.37 bits per heavy atom. The molecule has 1 aromatic carbocycles. The Bertz CT molecular complexity index is 711. The van der Waals surface area contributed by atoms with Crippen molar-refractivity contribution in [1.82, 2.24) is 15.1 Å². The van der Waals surface area contributed by atoms with Gasteiger partial charge in [0.1, 0.15) is 12.1 Å². The molecule has 0 radical (unpaired) electrons. The number of rotatable bonds is 5. The molecule has 3 atom stereocenters. The van der Waals surface area contributed by atoms with Gasteiger partial charge in [-0.05, 0) is 30.2 Å². The van der Waals surface area contributed by atoms with Crippen molar-refractivity contribution in [2.45, 2.75) is 45.6 Å². The van der Waals surface area contributed by atoms with Gasteiger partial charge in [0.25, 0.3) is 5.91 Å². The van der Waals surface area contributed by atoms with E-state index in [1.165, 1.54) is 0 Å². The van der Waals surface area contributed by atoms with Gasteiger partial charge in [0.05, 0.1) is 0 Å². The predicted octanol–water partition coefficient (Wildman–Crippen LogP) is 2.74. The Morgan fingerprint density at radius 2 is 1.78 bits per heavy atom. The zero-order chi connectivity index (χ0) is 19.6. The molecule has 2 aliphatic rings. The summed E-state index contributed by atoms with van der Waals surface area (Å²) in [6, 6.07) is 8.82. The van der Waals surface area contributed by atoms with Gasteiger partial charge >= 0.3 is 6.03 Å². The van der Waals surface area contributed by atoms with Crippen molar-refractivity contribution in [3.63, 3.8) is 0 Å². The maximum absolute atomic E-state index is 13.2. The van der Waals surface area contributed by atoms with Gasteiger partial charge < -0.3 is 10.2 Å². The molecule has 2 aliphatic heterocycles. The number of amides is 4. The number of piperidine rings is 1. The molecule has 0 saturated carbocycles. The van der Waals surface area contributed by atoms with Crippen LogP contribution in [-0.4, -0.2) is 47.3 Å². The van der Waals surface area contributed by atoms with Gasteiger partial charge in [-0.25, -0.2) is 4.79 Å². The van der Waals surface area contributed by atoms with E-state index in [-0.39, 0.29) is 18.4 Å². The van der Waals surface area contributed by atoms with Crippen molar-refractivity contribution in [2.24, 2.45) is 11.8 Å². The molecular formula is C21H29N3O3. The average molecular weight is 371 g/mol. The molecule has 0 spiro atoms. The van der Waals surface area contributed by atoms with E-state index >= 15 is 0 Å². The lowest BCUT2D eigenvalue weighted by Crippen LogP contribution is -2.49. The first kappa shape index (κ1) is 19.4. The number of urea groups is 1. The topological polar surface area (TPSA) is 69.7 Å². The molecule has 2 fully saturated rings. The lowest BCUT2D eigenvalue weighted by atomic mass is 9.85. The third kappa shape index (κ3) is 3.70. The lowest BCUT2D eigenvalue weighted by molar-refractivity contribution is -0.140. The lowest BCUT2D eigenvalue weighted by Gasteiger charge is -2.35. The third-order valence-corrected chi connectivity index (χ3v) is 5.58. The molecule has 27 heavy (non-hydrogen) atoms. The van der Waals surface area contributed by atoms with Crippen LogP contribution in [0.15, 0.2) is 30.3 Å². The summed E-state index contributed by atoms with van der Waals surface area (Å²) in [5.41, 5.74) is -0.309. The second-order valence-corrected chi connectivity index (χ2v) is 8.09. The van der Waals surface area contributed by atoms with Crippen LogP contribution in [0, 0.1) is 11.8 Å². The molecule has 1 N–H and O–H groups in total. The fourth-order valence-corrected chi connectivity index (χ4v) is 4.48. The van der Waals surface area contributed by atoms with Crippen LogP contribution in [0.2, 0.25) is 0 Å². The van der Waals surface area contributed by atoms with E-state index in [4.69, 9.17) is 0 Å². The number of nitrogens with zero attached hydrogens (tertiary/aromatic N) is 2. The first-order valence-corrected chi connectivity index (χ1v) is 9.84. The average Bonchev–Trinajstić information content (AvgIpc) is 2.87. The van der Waals surface area contributed by atoms with Gasteiger partial charge in [0.2, 0.25) is 5.91 Å². The highest BCUT2D eigenvalue weighted by atomic mass is 16.2. The van der Waals surface area contributed by atoms with Crippen molar-refractivity contribution >= 4 is 17.8 Å². The van der Waals surface area contributed by atoms with Gasteiger partial charge in [-0.3, -0.25) is 14.5 Å². The third-order valence-electron chi connectivity index (χ3n) is 5.58. The van der Waals surface area contributed by atoms with Crippen molar-refractivity contribution < 1.29 is 14.4 Å². The number of hydrogen-bond acceptors (Lipinski definition) is 3. The number of likely N-dealkylation sites (tertiary alicyclic amines) is 1. The summed E-state index contributed by atoms with van der Waals surface area (Å²) in [5, 5.41) is 2.88. The van der Waals surface area contributed by atoms with E-state index in [1.54, 1.807) is 4.90 Å². The summed E-state index contributed by atoms with van der Waals surface area (Å²) in [5.74, 6) is 0.387. The smallest absolute Gasteiger partial charge is 0.325 e. The molecule has 146 valence electrons. The number of carbonyl (C=O) groups is 3. The fourth-order valence-electron chi connectivity index (χ4n) is 4.48. The molecule has 1 aromatic rings. The zero-order valence-corrected chi connectivity index (χ0v) is 16.4. The monoisotopic (exact) mass is 371 g/mol. The molecule has 0 aliphatic carbocycles. The summed E-state index contributed by atoms with van der Waals surface area (Å²) < 4.78 is 0. The molecule has 2 heterocycles. The van der Waals surface area contributed by atoms with Crippen molar-refractivity contribution in [2.75, 3.05) is 19.6 Å². The Labute approximate surface area is 160 Å². The molecule has 6 heteroatoms. The number of benzene rings is 1. The van der Waals surface area contributed by atoms with Crippen LogP contribution in [0.5, 0.6) is 0 Å². The van der Waals surface area contributed by atoms with Crippen LogP contribution in [0.25, 0.3) is 0 Å². The second-order valence-electron chi connectivity index (χ2n) is 8.09. The van der Waals surface area contributed by atoms with E-state index in [9.17, 15) is 14.4 Å². The molecule has 3 rings (SSSR count). The second kappa shape index (κ2) is 7.71. The highest BCUT2D eigenvalue weighted by molar-refractivity contribution is 6.09. The fraction of sp³-hybridized carbons (Fsp3) is 0.571. The van der Waals surface area contributed by atoms with Crippen molar-refractivity contribution in [3.8, 4) is 0 Å². The Hall–Kier alpha value is -2.37. The molecule has 2 saturated heterocycles. The van der Waals surface area contributed by atoms with E-state index in [0.717, 1.165) is 23.3 Å². The van der Waals surface area contributed by atoms with Crippen molar-refractivity contribution in [3.05, 3.63) is 35.9 Å². The van der Waals surface area contributed by atoms with Gasteiger partial charge in [-0.15, -0.1) is 0 Å². The molecular weight excluding hydrogens is 342 g/mol. The number of hydrogen-bond donors (Lipinski definition) is 1. The number of carbonyl (C=O) groups excluding carboxylic acids is 3. The van der Waals surface area contributed by atoms with E-state index in [2.05, 4.69) is 19.2 Å². The molecule has 0 unspecified atom stereocenters. The Morgan fingerprint density at radius 1 is 1.15 bits per heavy atom. The van der Waals surface area contributed by atoms with Gasteiger partial charge in [-0.1, -0.05) is 57.5 Å². The van der Waals surface area contributed by atoms with Crippen molar-refractivity contribution in [1.29, 1.82) is 0 Å². The van der Waals surface area contributed by atoms with Gasteiger partial charge in [0, 0.05) is 13.1 Å². The van der Waals surface area contributed by atoms with Crippen LogP contribution in [-0.2, 0) is 15.1 Å². The molecule has 6 nitrogen and oxygen atoms in total. The minimum absolute atomic E-state index is 0.155. The SMILES string of the molecule is CCC[C@]1(c2ccccc2)NC(=O)N(CC(=O)N2C[C@H](C)C[C@H](C)C2)C1=O. The van der Waals surface area contributed by atoms with E-state index in [0.29, 0.717) is 31.3 Å². The highest BCUT2D eigenvalue weighted by Crippen LogP contribution is 2.33. The summed E-state index contributed by atoms with van der Waals surface area (Å²) >= 11 is 0. The first-order valence-electron chi connectivity index (χ1n) is 9.84. The van der Waals surface area contributed by atoms with Gasteiger partial charge in [-0.2, -0.15) is 0 Å². The largest absolute Gasteiger partial charge is 0.341 e. The summed E-state index contributed by atoms with van der Waals surface area (Å²) in [6.07, 6.45) is 2.34. The first-order chi connectivity index (χ1) is 12.9. The standard InChI is InChI=1S/C21H29N3O3/c1-4-10-21(17-8-6-5-7-9-17)19(26)24(20(27)22-21)14-18(25)23-12-15(2)11-16(3)13-23/h5-9,15-16H,4,10-14H2,1-3H3,(H,22,27)/t15-,16+,21-/m1/s1. The maximum Gasteiger partial charge on any atom is 0.325 e. The van der Waals surface area contributed by atoms with Gasteiger partial charge in [0.15, 0.2) is 0 Å². The van der Waals surface area contributed by atoms with Crippen LogP contribution in [0.3, 0.4) is 0 Å². The predicted molar refractivity (Wildman–Crippen MR) is 103 cm³/mol. The summed E-state index contributed by atoms with van der Waals surface area (Å²) in [6.45, 7) is 7.42. The number of imide groups is 1. The molecule has 0 aromatic heterocycles. The molecule has 0 bridgehead atoms. The minimum Gasteiger partial charge on any atom is -0.341 e. The Balaban J connectivity index is 1.80. The van der Waals surface area contributed by atoms with E-state index < -0.39 is 11.6 Å². The van der Waals surface area contributed by atoms with Crippen LogP contribution < -0.4 is 5.32 Å². The number of nitrogens with one attached hydrogen (secondary N) is 1. The summed E-state index contributed by atoms with van der Waals surface area (Å²) in [4.78, 5) is 41.5. The zero-order valence-electron chi connectivity index (χ0n) is 16.4. The normalized spacial score (nSPS) is 28.4. The maximum atomic E-state index is 13.2.